The molecule has 0 saturated carbocycles. The monoisotopic (exact) mass is 233 g/mol. The van der Waals surface area contributed by atoms with E-state index in [1.54, 1.807) is 0 Å². The molecule has 0 aliphatic heterocycles. The average molecular weight is 233 g/mol. The molecule has 0 atom stereocenters. The number of hydrogen-bond donors (Lipinski definition) is 0. The fourth-order valence-electron chi connectivity index (χ4n) is 1.68. The third-order valence-electron chi connectivity index (χ3n) is 2.29. The van der Waals surface area contributed by atoms with E-state index in [1.807, 2.05) is 20.8 Å². The first kappa shape index (κ1) is 15.1. The van der Waals surface area contributed by atoms with E-state index >= 15 is 0 Å². The van der Waals surface area contributed by atoms with Crippen LogP contribution in [0.1, 0.15) is 47.5 Å². The zero-order chi connectivity index (χ0) is 11.7. The summed E-state index contributed by atoms with van der Waals surface area (Å²) in [4.78, 5) is 0. The van der Waals surface area contributed by atoms with Crippen molar-refractivity contribution in [2.24, 2.45) is 0 Å². The van der Waals surface area contributed by atoms with Gasteiger partial charge < -0.3 is 13.3 Å². The van der Waals surface area contributed by atoms with E-state index in [4.69, 9.17) is 13.3 Å². The molecule has 91 valence electrons. The minimum absolute atomic E-state index is 0.649. The Morgan fingerprint density at radius 1 is 0.733 bits per heavy atom. The van der Waals surface area contributed by atoms with E-state index in [2.05, 4.69) is 13.8 Å². The molecule has 0 N–H and O–H groups in total. The first-order chi connectivity index (χ1) is 7.20. The van der Waals surface area contributed by atoms with Crippen molar-refractivity contribution in [2.75, 3.05) is 19.8 Å². The minimum Gasteiger partial charge on any atom is -0.373 e. The van der Waals surface area contributed by atoms with Gasteiger partial charge in [-0.2, -0.15) is 0 Å². The van der Waals surface area contributed by atoms with Gasteiger partial charge in [0.25, 0.3) is 0 Å². The molecule has 0 amide bonds. The number of hydrogen-bond acceptors (Lipinski definition) is 3. The largest absolute Gasteiger partial charge is 0.508 e. The van der Waals surface area contributed by atoms with E-state index < -0.39 is 8.80 Å². The summed E-state index contributed by atoms with van der Waals surface area (Å²) in [5.74, 6) is 0. The summed E-state index contributed by atoms with van der Waals surface area (Å²) in [5, 5.41) is 0. The van der Waals surface area contributed by atoms with E-state index in [0.717, 1.165) is 12.8 Å². The molecular weight excluding hydrogens is 208 g/mol. The zero-order valence-electron chi connectivity index (χ0n) is 10.8. The summed E-state index contributed by atoms with van der Waals surface area (Å²) in [6.45, 7) is 12.2. The maximum absolute atomic E-state index is 5.81. The van der Waals surface area contributed by atoms with Crippen molar-refractivity contribution in [3.8, 4) is 0 Å². The summed E-state index contributed by atoms with van der Waals surface area (Å²) >= 11 is 0. The Morgan fingerprint density at radius 3 is 1.27 bits per heavy atom. The van der Waals surface area contributed by atoms with Crippen molar-refractivity contribution in [3.63, 3.8) is 0 Å². The highest BCUT2D eigenvalue weighted by molar-refractivity contribution is 6.66. The summed E-state index contributed by atoms with van der Waals surface area (Å²) < 4.78 is 17.4. The summed E-state index contributed by atoms with van der Waals surface area (Å²) in [7, 11) is -2.51. The van der Waals surface area contributed by atoms with Gasteiger partial charge in [0.15, 0.2) is 0 Å². The molecule has 0 rings (SSSR count). The molecule has 0 fully saturated rings. The molecule has 0 saturated heterocycles. The van der Waals surface area contributed by atoms with Crippen molar-refractivity contribution >= 4 is 8.80 Å². The second-order valence-corrected chi connectivity index (χ2v) is 5.85. The lowest BCUT2D eigenvalue weighted by atomic mass is 10.3. The first-order valence-electron chi connectivity index (χ1n) is 5.97. The number of rotatable bonds is 9. The van der Waals surface area contributed by atoms with E-state index in [9.17, 15) is 0 Å². The molecule has 15 heavy (non-hydrogen) atoms. The molecule has 4 heteroatoms. The van der Waals surface area contributed by atoms with Gasteiger partial charge in [-0.05, 0) is 33.6 Å². The van der Waals surface area contributed by atoms with Crippen LogP contribution in [0, 0.1) is 5.54 Å². The van der Waals surface area contributed by atoms with Crippen LogP contribution in [0.4, 0.5) is 0 Å². The van der Waals surface area contributed by atoms with Gasteiger partial charge in [0.2, 0.25) is 0 Å². The summed E-state index contributed by atoms with van der Waals surface area (Å²) in [6.07, 6.45) is 1.95. The van der Waals surface area contributed by atoms with Crippen molar-refractivity contribution < 1.29 is 13.3 Å². The molecule has 0 spiro atoms. The van der Waals surface area contributed by atoms with Crippen LogP contribution in [0.2, 0.25) is 0 Å². The van der Waals surface area contributed by atoms with E-state index in [0.29, 0.717) is 19.8 Å². The highest BCUT2D eigenvalue weighted by atomic mass is 28.4. The van der Waals surface area contributed by atoms with Gasteiger partial charge in [0, 0.05) is 19.8 Å². The fourth-order valence-corrected chi connectivity index (χ4v) is 4.55. The van der Waals surface area contributed by atoms with Crippen molar-refractivity contribution in [3.05, 3.63) is 5.54 Å². The lowest BCUT2D eigenvalue weighted by molar-refractivity contribution is 0.0720. The Morgan fingerprint density at radius 2 is 1.07 bits per heavy atom. The van der Waals surface area contributed by atoms with Gasteiger partial charge in [0.05, 0.1) is 5.54 Å². The molecule has 0 unspecified atom stereocenters. The van der Waals surface area contributed by atoms with Gasteiger partial charge in [-0.3, -0.25) is 0 Å². The molecule has 0 aromatic heterocycles. The highest BCUT2D eigenvalue weighted by Crippen LogP contribution is 2.28. The topological polar surface area (TPSA) is 27.7 Å². The molecular formula is C11H25O3Si. The minimum atomic E-state index is -2.51. The molecule has 0 aliphatic carbocycles. The SMILES string of the molecule is CCO[Si](OCC)(OCC)[C](CC)CC. The van der Waals surface area contributed by atoms with E-state index in [1.165, 1.54) is 5.54 Å². The maximum Gasteiger partial charge on any atom is 0.508 e. The Bertz CT molecular complexity index is 132. The maximum atomic E-state index is 5.81. The predicted molar refractivity (Wildman–Crippen MR) is 64.5 cm³/mol. The normalized spacial score (nSPS) is 12.4. The standard InChI is InChI=1S/C11H25O3Si/c1-6-11(7-2)15(12-8-3,13-9-4)14-10-5/h6-10H2,1-5H3. The molecule has 0 heterocycles. The van der Waals surface area contributed by atoms with E-state index in [-0.39, 0.29) is 0 Å². The smallest absolute Gasteiger partial charge is 0.373 e. The van der Waals surface area contributed by atoms with Crippen LogP contribution in [0.25, 0.3) is 0 Å². The Labute approximate surface area is 95.5 Å². The van der Waals surface area contributed by atoms with Crippen LogP contribution < -0.4 is 0 Å². The highest BCUT2D eigenvalue weighted by Gasteiger charge is 2.47. The fraction of sp³-hybridized carbons (Fsp3) is 0.909. The lowest BCUT2D eigenvalue weighted by Gasteiger charge is -2.33. The van der Waals surface area contributed by atoms with Crippen LogP contribution >= 0.6 is 0 Å². The van der Waals surface area contributed by atoms with Crippen LogP contribution in [0.5, 0.6) is 0 Å². The average Bonchev–Trinajstić information content (AvgIpc) is 2.20. The molecule has 0 aromatic carbocycles. The summed E-state index contributed by atoms with van der Waals surface area (Å²) in [5.41, 5.74) is 1.30. The van der Waals surface area contributed by atoms with Crippen molar-refractivity contribution in [2.45, 2.75) is 47.5 Å². The molecule has 1 radical (unpaired) electrons. The third kappa shape index (κ3) is 4.22. The van der Waals surface area contributed by atoms with Gasteiger partial charge in [-0.15, -0.1) is 0 Å². The van der Waals surface area contributed by atoms with Gasteiger partial charge in [-0.1, -0.05) is 13.8 Å². The Hall–Kier alpha value is 0.0969. The second kappa shape index (κ2) is 8.27. The predicted octanol–water partition coefficient (Wildman–Crippen LogP) is 2.97. The van der Waals surface area contributed by atoms with Crippen molar-refractivity contribution in [1.82, 2.24) is 0 Å². The van der Waals surface area contributed by atoms with Gasteiger partial charge in [-0.25, -0.2) is 0 Å². The zero-order valence-corrected chi connectivity index (χ0v) is 11.8. The first-order valence-corrected chi connectivity index (χ1v) is 7.70. The lowest BCUT2D eigenvalue weighted by Crippen LogP contribution is -2.51. The summed E-state index contributed by atoms with van der Waals surface area (Å²) in [6, 6.07) is 0. The van der Waals surface area contributed by atoms with Crippen LogP contribution in [0.15, 0.2) is 0 Å². The van der Waals surface area contributed by atoms with Crippen LogP contribution in [-0.4, -0.2) is 28.6 Å². The van der Waals surface area contributed by atoms with Crippen LogP contribution in [0.3, 0.4) is 0 Å². The van der Waals surface area contributed by atoms with Gasteiger partial charge in [0.1, 0.15) is 0 Å². The molecule has 0 aromatic rings. The Kier molecular flexibility index (Phi) is 8.33. The quantitative estimate of drug-likeness (QED) is 0.573. The van der Waals surface area contributed by atoms with Gasteiger partial charge >= 0.3 is 8.80 Å². The Balaban J connectivity index is 4.71. The molecule has 0 aliphatic rings. The van der Waals surface area contributed by atoms with Crippen LogP contribution in [-0.2, 0) is 13.3 Å². The molecule has 3 nitrogen and oxygen atoms in total. The second-order valence-electron chi connectivity index (χ2n) is 3.17. The molecule has 0 bridgehead atoms. The third-order valence-corrected chi connectivity index (χ3v) is 5.87. The van der Waals surface area contributed by atoms with Crippen molar-refractivity contribution in [1.29, 1.82) is 0 Å².